The lowest BCUT2D eigenvalue weighted by Crippen LogP contribution is -2.38. The van der Waals surface area contributed by atoms with Gasteiger partial charge < -0.3 is 14.7 Å². The molecule has 1 N–H and O–H groups in total. The lowest BCUT2D eigenvalue weighted by Gasteiger charge is -2.24. The summed E-state index contributed by atoms with van der Waals surface area (Å²) < 4.78 is 7.38. The van der Waals surface area contributed by atoms with E-state index in [0.29, 0.717) is 18.0 Å². The van der Waals surface area contributed by atoms with Crippen LogP contribution in [0.25, 0.3) is 10.2 Å². The molecule has 1 fully saturated rings. The smallest absolute Gasteiger partial charge is 0.305 e. The number of carbonyl (C=O) groups excluding carboxylic acids is 1. The maximum atomic E-state index is 12.9. The van der Waals surface area contributed by atoms with Crippen LogP contribution < -0.4 is 0 Å². The van der Waals surface area contributed by atoms with Crippen LogP contribution in [0.4, 0.5) is 0 Å². The second kappa shape index (κ2) is 6.90. The third-order valence-electron chi connectivity index (χ3n) is 4.24. The zero-order valence-electron chi connectivity index (χ0n) is 13.8. The molecule has 1 aliphatic rings. The Hall–Kier alpha value is -1.93. The van der Waals surface area contributed by atoms with Gasteiger partial charge in [-0.1, -0.05) is 0 Å². The maximum Gasteiger partial charge on any atom is 0.305 e. The van der Waals surface area contributed by atoms with Crippen LogP contribution in [0, 0.1) is 6.92 Å². The zero-order valence-corrected chi connectivity index (χ0v) is 14.6. The normalized spacial score (nSPS) is 17.5. The summed E-state index contributed by atoms with van der Waals surface area (Å²) in [6, 6.07) is 1.86. The van der Waals surface area contributed by atoms with Crippen molar-refractivity contribution in [3.63, 3.8) is 0 Å². The maximum absolute atomic E-state index is 12.9. The van der Waals surface area contributed by atoms with E-state index in [4.69, 9.17) is 9.84 Å². The predicted octanol–water partition coefficient (Wildman–Crippen LogP) is 2.04. The quantitative estimate of drug-likeness (QED) is 0.861. The molecule has 24 heavy (non-hydrogen) atoms. The van der Waals surface area contributed by atoms with Crippen molar-refractivity contribution in [2.75, 3.05) is 19.7 Å². The van der Waals surface area contributed by atoms with Gasteiger partial charge in [-0.15, -0.1) is 11.3 Å². The van der Waals surface area contributed by atoms with Crippen LogP contribution >= 0.6 is 11.3 Å². The van der Waals surface area contributed by atoms with Crippen LogP contribution in [0.1, 0.15) is 34.6 Å². The Kier molecular flexibility index (Phi) is 4.86. The molecule has 0 bridgehead atoms. The molecule has 3 heterocycles. The van der Waals surface area contributed by atoms with E-state index in [9.17, 15) is 9.59 Å². The lowest BCUT2D eigenvalue weighted by molar-refractivity contribution is -0.137. The van der Waals surface area contributed by atoms with E-state index in [2.05, 4.69) is 5.10 Å². The molecule has 1 saturated heterocycles. The molecule has 3 rings (SSSR count). The number of nitrogens with zero attached hydrogens (tertiary/aromatic N) is 3. The van der Waals surface area contributed by atoms with Gasteiger partial charge in [-0.2, -0.15) is 5.10 Å². The number of carbonyl (C=O) groups is 2. The summed E-state index contributed by atoms with van der Waals surface area (Å²) in [5, 5.41) is 14.3. The molecule has 1 amide bonds. The topological polar surface area (TPSA) is 84.7 Å². The highest BCUT2D eigenvalue weighted by Crippen LogP contribution is 2.29. The monoisotopic (exact) mass is 351 g/mol. The van der Waals surface area contributed by atoms with E-state index in [1.807, 2.05) is 20.0 Å². The first-order valence-electron chi connectivity index (χ1n) is 8.01. The van der Waals surface area contributed by atoms with Gasteiger partial charge in [0.25, 0.3) is 5.91 Å². The van der Waals surface area contributed by atoms with Crippen molar-refractivity contribution >= 4 is 33.4 Å². The minimum atomic E-state index is -0.906. The fraction of sp³-hybridized carbons (Fsp3) is 0.562. The van der Waals surface area contributed by atoms with Crippen molar-refractivity contribution in [2.24, 2.45) is 7.05 Å². The molecule has 2 aromatic heterocycles. The van der Waals surface area contributed by atoms with Gasteiger partial charge in [0.15, 0.2) is 0 Å². The highest BCUT2D eigenvalue weighted by molar-refractivity contribution is 7.20. The van der Waals surface area contributed by atoms with Crippen molar-refractivity contribution in [1.29, 1.82) is 0 Å². The van der Waals surface area contributed by atoms with Crippen LogP contribution in [0.2, 0.25) is 0 Å². The Morgan fingerprint density at radius 3 is 2.96 bits per heavy atom. The Morgan fingerprint density at radius 1 is 1.54 bits per heavy atom. The summed E-state index contributed by atoms with van der Waals surface area (Å²) in [6.07, 6.45) is 1.83. The van der Waals surface area contributed by atoms with Crippen molar-refractivity contribution in [3.8, 4) is 0 Å². The summed E-state index contributed by atoms with van der Waals surface area (Å²) in [7, 11) is 1.86. The number of hydrogen-bond acceptors (Lipinski definition) is 5. The van der Waals surface area contributed by atoms with Crippen LogP contribution in [0.3, 0.4) is 0 Å². The van der Waals surface area contributed by atoms with Crippen molar-refractivity contribution in [3.05, 3.63) is 16.6 Å². The largest absolute Gasteiger partial charge is 0.481 e. The number of hydrogen-bond donors (Lipinski definition) is 1. The zero-order chi connectivity index (χ0) is 17.3. The molecule has 0 aromatic carbocycles. The number of aryl methyl sites for hydroxylation is 2. The van der Waals surface area contributed by atoms with E-state index < -0.39 is 5.97 Å². The molecule has 0 unspecified atom stereocenters. The minimum absolute atomic E-state index is 0.000487. The fourth-order valence-corrected chi connectivity index (χ4v) is 4.10. The number of carboxylic acids is 1. The molecule has 1 aliphatic heterocycles. The second-order valence-electron chi connectivity index (χ2n) is 6.07. The molecule has 0 spiro atoms. The molecule has 8 heteroatoms. The Bertz CT molecular complexity index is 726. The number of rotatable bonds is 6. The minimum Gasteiger partial charge on any atom is -0.481 e. The summed E-state index contributed by atoms with van der Waals surface area (Å²) in [6.45, 7) is 3.26. The standard InChI is InChI=1S/C16H21N3O4S/c1-10-12-8-13(24-16(12)18(2)17-10)15(22)19(6-5-14(20)21)9-11-4-3-7-23-11/h8,11H,3-7,9H2,1-2H3,(H,20,21)/t11-/m0/s1. The van der Waals surface area contributed by atoms with Gasteiger partial charge in [0.1, 0.15) is 4.83 Å². The first-order valence-corrected chi connectivity index (χ1v) is 8.83. The molecule has 1 atom stereocenters. The van der Waals surface area contributed by atoms with Crippen molar-refractivity contribution in [2.45, 2.75) is 32.3 Å². The number of amides is 1. The molecule has 0 saturated carbocycles. The first kappa shape index (κ1) is 16.9. The number of thiophene rings is 1. The number of aromatic nitrogens is 2. The molecule has 0 radical (unpaired) electrons. The van der Waals surface area contributed by atoms with E-state index in [1.165, 1.54) is 11.3 Å². The number of fused-ring (bicyclic) bond motifs is 1. The van der Waals surface area contributed by atoms with E-state index >= 15 is 0 Å². The van der Waals surface area contributed by atoms with Gasteiger partial charge >= 0.3 is 5.97 Å². The van der Waals surface area contributed by atoms with Gasteiger partial charge in [-0.05, 0) is 25.8 Å². The highest BCUT2D eigenvalue weighted by atomic mass is 32.1. The van der Waals surface area contributed by atoms with E-state index in [-0.39, 0.29) is 25.0 Å². The van der Waals surface area contributed by atoms with Crippen molar-refractivity contribution < 1.29 is 19.4 Å². The molecular formula is C16H21N3O4S. The first-order chi connectivity index (χ1) is 11.5. The van der Waals surface area contributed by atoms with Gasteiger partial charge in [0.2, 0.25) is 0 Å². The van der Waals surface area contributed by atoms with E-state index in [0.717, 1.165) is 28.8 Å². The Balaban J connectivity index is 1.81. The SMILES string of the molecule is Cc1nn(C)c2sc(C(=O)N(CCC(=O)O)C[C@@H]3CCCO3)cc12. The average Bonchev–Trinajstić information content (AvgIpc) is 3.23. The molecule has 130 valence electrons. The number of aliphatic carboxylic acids is 1. The molecule has 0 aliphatic carbocycles. The number of carboxylic acid groups (broad SMARTS) is 1. The predicted molar refractivity (Wildman–Crippen MR) is 90.5 cm³/mol. The Morgan fingerprint density at radius 2 is 2.33 bits per heavy atom. The van der Waals surface area contributed by atoms with E-state index in [1.54, 1.807) is 9.58 Å². The van der Waals surface area contributed by atoms with Crippen LogP contribution in [-0.4, -0.2) is 57.5 Å². The van der Waals surface area contributed by atoms with Crippen molar-refractivity contribution in [1.82, 2.24) is 14.7 Å². The average molecular weight is 351 g/mol. The van der Waals surface area contributed by atoms with Crippen LogP contribution in [-0.2, 0) is 16.6 Å². The van der Waals surface area contributed by atoms with Gasteiger partial charge in [0, 0.05) is 32.1 Å². The summed E-state index contributed by atoms with van der Waals surface area (Å²) in [5.74, 6) is -1.04. The Labute approximate surface area is 143 Å². The van der Waals surface area contributed by atoms with Gasteiger partial charge in [0.05, 0.1) is 23.1 Å². The van der Waals surface area contributed by atoms with Crippen LogP contribution in [0.15, 0.2) is 6.07 Å². The fourth-order valence-electron chi connectivity index (χ4n) is 3.01. The molecule has 2 aromatic rings. The number of ether oxygens (including phenoxy) is 1. The van der Waals surface area contributed by atoms with Gasteiger partial charge in [-0.3, -0.25) is 14.3 Å². The molecule has 7 nitrogen and oxygen atoms in total. The third-order valence-corrected chi connectivity index (χ3v) is 5.43. The summed E-state index contributed by atoms with van der Waals surface area (Å²) in [5.41, 5.74) is 0.888. The van der Waals surface area contributed by atoms with Gasteiger partial charge in [-0.25, -0.2) is 0 Å². The summed E-state index contributed by atoms with van der Waals surface area (Å²) >= 11 is 1.39. The highest BCUT2D eigenvalue weighted by Gasteiger charge is 2.25. The lowest BCUT2D eigenvalue weighted by atomic mass is 10.2. The second-order valence-corrected chi connectivity index (χ2v) is 7.10. The van der Waals surface area contributed by atoms with Crippen LogP contribution in [0.5, 0.6) is 0 Å². The summed E-state index contributed by atoms with van der Waals surface area (Å²) in [4.78, 5) is 27.0. The molecular weight excluding hydrogens is 330 g/mol. The third kappa shape index (κ3) is 3.44.